The van der Waals surface area contributed by atoms with Crippen LogP contribution in [0.4, 0.5) is 5.69 Å². The van der Waals surface area contributed by atoms with Gasteiger partial charge in [0.25, 0.3) is 0 Å². The average Bonchev–Trinajstić information content (AvgIpc) is 2.43. The maximum Gasteiger partial charge on any atom is 0.124 e. The third kappa shape index (κ3) is 2.43. The highest BCUT2D eigenvalue weighted by Crippen LogP contribution is 2.34. The van der Waals surface area contributed by atoms with Gasteiger partial charge in [0.1, 0.15) is 11.9 Å². The van der Waals surface area contributed by atoms with E-state index in [1.165, 1.54) is 17.5 Å². The fraction of sp³-hybridized carbons (Fsp3) is 0.294. The number of aryl methyl sites for hydroxylation is 2. The van der Waals surface area contributed by atoms with E-state index in [9.17, 15) is 0 Å². The first-order valence-electron chi connectivity index (χ1n) is 6.84. The van der Waals surface area contributed by atoms with Gasteiger partial charge in [-0.15, -0.1) is 0 Å². The Morgan fingerprint density at radius 3 is 2.84 bits per heavy atom. The van der Waals surface area contributed by atoms with Crippen LogP contribution in [0.25, 0.3) is 0 Å². The molecular formula is C17H19NO. The zero-order valence-corrected chi connectivity index (χ0v) is 11.2. The summed E-state index contributed by atoms with van der Waals surface area (Å²) in [6.07, 6.45) is 3.61. The first-order valence-corrected chi connectivity index (χ1v) is 6.84. The summed E-state index contributed by atoms with van der Waals surface area (Å²) >= 11 is 0. The Balaban J connectivity index is 1.86. The minimum Gasteiger partial charge on any atom is -0.486 e. The van der Waals surface area contributed by atoms with Gasteiger partial charge in [0, 0.05) is 5.69 Å². The Labute approximate surface area is 114 Å². The van der Waals surface area contributed by atoms with Crippen LogP contribution in [0.1, 0.15) is 35.6 Å². The highest BCUT2D eigenvalue weighted by molar-refractivity contribution is 5.49. The van der Waals surface area contributed by atoms with Gasteiger partial charge in [-0.2, -0.15) is 0 Å². The van der Waals surface area contributed by atoms with E-state index in [2.05, 4.69) is 24.3 Å². The summed E-state index contributed by atoms with van der Waals surface area (Å²) in [4.78, 5) is 0. The van der Waals surface area contributed by atoms with Crippen LogP contribution in [0.3, 0.4) is 0 Å². The second kappa shape index (κ2) is 4.96. The molecule has 0 fully saturated rings. The molecule has 0 saturated carbocycles. The topological polar surface area (TPSA) is 35.2 Å². The smallest absolute Gasteiger partial charge is 0.124 e. The van der Waals surface area contributed by atoms with E-state index >= 15 is 0 Å². The molecule has 0 aliphatic heterocycles. The SMILES string of the molecule is Cc1cc(OC2CCCc3ccccc32)ccc1N. The molecule has 1 aliphatic carbocycles. The average molecular weight is 253 g/mol. The molecule has 0 spiro atoms. The molecule has 0 heterocycles. The van der Waals surface area contributed by atoms with Crippen molar-refractivity contribution in [1.29, 1.82) is 0 Å². The minimum absolute atomic E-state index is 0.174. The molecular weight excluding hydrogens is 234 g/mol. The molecule has 98 valence electrons. The maximum atomic E-state index is 6.16. The van der Waals surface area contributed by atoms with Crippen molar-refractivity contribution in [3.05, 3.63) is 59.2 Å². The Morgan fingerprint density at radius 1 is 1.16 bits per heavy atom. The molecule has 2 aromatic carbocycles. The van der Waals surface area contributed by atoms with E-state index in [0.29, 0.717) is 0 Å². The second-order valence-corrected chi connectivity index (χ2v) is 5.22. The van der Waals surface area contributed by atoms with Gasteiger partial charge in [0.15, 0.2) is 0 Å². The van der Waals surface area contributed by atoms with Crippen LogP contribution in [0, 0.1) is 6.92 Å². The number of nitrogens with two attached hydrogens (primary N) is 1. The minimum atomic E-state index is 0.174. The van der Waals surface area contributed by atoms with Gasteiger partial charge in [0.2, 0.25) is 0 Å². The number of nitrogen functional groups attached to an aromatic ring is 1. The summed E-state index contributed by atoms with van der Waals surface area (Å²) in [7, 11) is 0. The normalized spacial score (nSPS) is 17.8. The highest BCUT2D eigenvalue weighted by Gasteiger charge is 2.21. The highest BCUT2D eigenvalue weighted by atomic mass is 16.5. The number of hydrogen-bond acceptors (Lipinski definition) is 2. The van der Waals surface area contributed by atoms with Crippen LogP contribution in [-0.2, 0) is 6.42 Å². The molecule has 0 saturated heterocycles. The molecule has 1 unspecified atom stereocenters. The van der Waals surface area contributed by atoms with Crippen LogP contribution >= 0.6 is 0 Å². The summed E-state index contributed by atoms with van der Waals surface area (Å²) < 4.78 is 6.16. The Morgan fingerprint density at radius 2 is 2.00 bits per heavy atom. The lowest BCUT2D eigenvalue weighted by molar-refractivity contribution is 0.183. The summed E-state index contributed by atoms with van der Waals surface area (Å²) in [5.74, 6) is 0.911. The molecule has 0 aromatic heterocycles. The Kier molecular flexibility index (Phi) is 3.16. The van der Waals surface area contributed by atoms with Gasteiger partial charge in [-0.3, -0.25) is 0 Å². The van der Waals surface area contributed by atoms with Crippen molar-refractivity contribution >= 4 is 5.69 Å². The largest absolute Gasteiger partial charge is 0.486 e. The van der Waals surface area contributed by atoms with Crippen molar-refractivity contribution in [3.8, 4) is 5.75 Å². The predicted octanol–water partition coefficient (Wildman–Crippen LogP) is 4.03. The zero-order chi connectivity index (χ0) is 13.2. The summed E-state index contributed by atoms with van der Waals surface area (Å²) in [6, 6.07) is 14.5. The van der Waals surface area contributed by atoms with Gasteiger partial charge in [-0.1, -0.05) is 24.3 Å². The van der Waals surface area contributed by atoms with Crippen molar-refractivity contribution in [2.24, 2.45) is 0 Å². The first-order chi connectivity index (χ1) is 9.24. The van der Waals surface area contributed by atoms with Crippen LogP contribution in [0.15, 0.2) is 42.5 Å². The van der Waals surface area contributed by atoms with Crippen molar-refractivity contribution in [2.75, 3.05) is 5.73 Å². The molecule has 0 radical (unpaired) electrons. The molecule has 2 heteroatoms. The Bertz CT molecular complexity index is 592. The van der Waals surface area contributed by atoms with Gasteiger partial charge >= 0.3 is 0 Å². The molecule has 2 aromatic rings. The molecule has 2 nitrogen and oxygen atoms in total. The lowest BCUT2D eigenvalue weighted by Gasteiger charge is -2.26. The van der Waals surface area contributed by atoms with E-state index in [0.717, 1.165) is 29.8 Å². The molecule has 2 N–H and O–H groups in total. The number of anilines is 1. The van der Waals surface area contributed by atoms with E-state index in [-0.39, 0.29) is 6.10 Å². The predicted molar refractivity (Wildman–Crippen MR) is 78.3 cm³/mol. The third-order valence-corrected chi connectivity index (χ3v) is 3.83. The lowest BCUT2D eigenvalue weighted by atomic mass is 9.89. The summed E-state index contributed by atoms with van der Waals surface area (Å²) in [6.45, 7) is 2.01. The van der Waals surface area contributed by atoms with Crippen molar-refractivity contribution in [2.45, 2.75) is 32.3 Å². The van der Waals surface area contributed by atoms with Crippen LogP contribution in [0.5, 0.6) is 5.75 Å². The van der Waals surface area contributed by atoms with E-state index in [1.807, 2.05) is 25.1 Å². The van der Waals surface area contributed by atoms with E-state index in [4.69, 9.17) is 10.5 Å². The fourth-order valence-electron chi connectivity index (χ4n) is 2.72. The number of benzene rings is 2. The lowest BCUT2D eigenvalue weighted by Crippen LogP contribution is -2.15. The number of hydrogen-bond donors (Lipinski definition) is 1. The molecule has 0 bridgehead atoms. The van der Waals surface area contributed by atoms with E-state index < -0.39 is 0 Å². The van der Waals surface area contributed by atoms with Gasteiger partial charge in [-0.25, -0.2) is 0 Å². The van der Waals surface area contributed by atoms with Crippen LogP contribution < -0.4 is 10.5 Å². The summed E-state index contributed by atoms with van der Waals surface area (Å²) in [5.41, 5.74) is 10.5. The zero-order valence-electron chi connectivity index (χ0n) is 11.2. The Hall–Kier alpha value is -1.96. The van der Waals surface area contributed by atoms with Crippen LogP contribution in [-0.4, -0.2) is 0 Å². The molecule has 19 heavy (non-hydrogen) atoms. The third-order valence-electron chi connectivity index (χ3n) is 3.83. The van der Waals surface area contributed by atoms with Crippen molar-refractivity contribution in [1.82, 2.24) is 0 Å². The monoisotopic (exact) mass is 253 g/mol. The second-order valence-electron chi connectivity index (χ2n) is 5.22. The molecule has 3 rings (SSSR count). The molecule has 1 atom stereocenters. The maximum absolute atomic E-state index is 6.16. The molecule has 1 aliphatic rings. The van der Waals surface area contributed by atoms with E-state index in [1.54, 1.807) is 0 Å². The van der Waals surface area contributed by atoms with Crippen molar-refractivity contribution < 1.29 is 4.74 Å². The van der Waals surface area contributed by atoms with Crippen LogP contribution in [0.2, 0.25) is 0 Å². The number of rotatable bonds is 2. The first kappa shape index (κ1) is 12.1. The fourth-order valence-corrected chi connectivity index (χ4v) is 2.72. The standard InChI is InChI=1S/C17H19NO/c1-12-11-14(9-10-16(12)18)19-17-8-4-6-13-5-2-3-7-15(13)17/h2-3,5,7,9-11,17H,4,6,8,18H2,1H3. The van der Waals surface area contributed by atoms with Crippen molar-refractivity contribution in [3.63, 3.8) is 0 Å². The van der Waals surface area contributed by atoms with Gasteiger partial charge < -0.3 is 10.5 Å². The number of ether oxygens (including phenoxy) is 1. The van der Waals surface area contributed by atoms with Gasteiger partial charge in [0.05, 0.1) is 0 Å². The molecule has 0 amide bonds. The quantitative estimate of drug-likeness (QED) is 0.820. The van der Waals surface area contributed by atoms with Gasteiger partial charge in [-0.05, 0) is 61.1 Å². The number of fused-ring (bicyclic) bond motifs is 1. The summed E-state index contributed by atoms with van der Waals surface area (Å²) in [5, 5.41) is 0.